The van der Waals surface area contributed by atoms with E-state index in [1.807, 2.05) is 0 Å². The number of H-pyrrole nitrogens is 1. The number of rotatable bonds is 5. The summed E-state index contributed by atoms with van der Waals surface area (Å²) in [5, 5.41) is 7.10. The summed E-state index contributed by atoms with van der Waals surface area (Å²) in [5.74, 6) is 0.326. The molecular formula is C19H19N5O3. The number of amides is 1. The molecule has 0 spiro atoms. The van der Waals surface area contributed by atoms with E-state index in [-0.39, 0.29) is 11.5 Å². The Hall–Kier alpha value is -3.68. The van der Waals surface area contributed by atoms with Crippen LogP contribution in [0.25, 0.3) is 5.69 Å². The molecule has 0 saturated carbocycles. The summed E-state index contributed by atoms with van der Waals surface area (Å²) in [5.41, 5.74) is 4.77. The van der Waals surface area contributed by atoms with Crippen molar-refractivity contribution in [2.45, 2.75) is 13.8 Å². The molecule has 2 aromatic heterocycles. The molecule has 3 aromatic rings. The van der Waals surface area contributed by atoms with E-state index in [4.69, 9.17) is 4.74 Å². The summed E-state index contributed by atoms with van der Waals surface area (Å²) in [4.78, 5) is 28.8. The molecule has 0 bridgehead atoms. The maximum Gasteiger partial charge on any atom is 0.280 e. The molecule has 8 nitrogen and oxygen atoms in total. The number of nitrogens with one attached hydrogen (secondary N) is 2. The molecule has 0 aliphatic rings. The van der Waals surface area contributed by atoms with Crippen molar-refractivity contribution >= 4 is 11.6 Å². The van der Waals surface area contributed by atoms with Gasteiger partial charge in [0.15, 0.2) is 0 Å². The Morgan fingerprint density at radius 1 is 1.19 bits per heavy atom. The third kappa shape index (κ3) is 3.79. The molecule has 0 saturated heterocycles. The number of hydrogen-bond donors (Lipinski definition) is 2. The van der Waals surface area contributed by atoms with Gasteiger partial charge in [0.2, 0.25) is 0 Å². The Bertz CT molecular complexity index is 1030. The maximum atomic E-state index is 12.8. The highest BCUT2D eigenvalue weighted by Gasteiger charge is 2.15. The second-order valence-electron chi connectivity index (χ2n) is 5.82. The summed E-state index contributed by atoms with van der Waals surface area (Å²) in [7, 11) is 1.58. The van der Waals surface area contributed by atoms with E-state index in [0.717, 1.165) is 0 Å². The molecular weight excluding hydrogens is 346 g/mol. The smallest absolute Gasteiger partial charge is 0.280 e. The summed E-state index contributed by atoms with van der Waals surface area (Å²) in [6.07, 6.45) is 3.05. The minimum Gasteiger partial charge on any atom is -0.497 e. The molecule has 0 aliphatic carbocycles. The molecule has 0 unspecified atom stereocenters. The minimum atomic E-state index is -0.375. The van der Waals surface area contributed by atoms with Crippen LogP contribution in [0.5, 0.6) is 5.75 Å². The topological polar surface area (TPSA) is 101 Å². The number of methoxy groups -OCH3 is 1. The van der Waals surface area contributed by atoms with Crippen molar-refractivity contribution in [2.24, 2.45) is 5.10 Å². The Kier molecular flexibility index (Phi) is 5.16. The van der Waals surface area contributed by atoms with Gasteiger partial charge in [-0.1, -0.05) is 0 Å². The molecule has 27 heavy (non-hydrogen) atoms. The first-order valence-electron chi connectivity index (χ1n) is 8.22. The van der Waals surface area contributed by atoms with Gasteiger partial charge in [-0.3, -0.25) is 19.7 Å². The van der Waals surface area contributed by atoms with Crippen molar-refractivity contribution in [2.75, 3.05) is 7.11 Å². The lowest BCUT2D eigenvalue weighted by molar-refractivity contribution is 0.0954. The van der Waals surface area contributed by atoms with Crippen LogP contribution >= 0.6 is 0 Å². The van der Waals surface area contributed by atoms with Crippen LogP contribution in [0.15, 0.2) is 58.7 Å². The van der Waals surface area contributed by atoms with Gasteiger partial charge < -0.3 is 4.74 Å². The van der Waals surface area contributed by atoms with Crippen molar-refractivity contribution in [1.29, 1.82) is 0 Å². The molecule has 1 amide bonds. The van der Waals surface area contributed by atoms with E-state index in [1.165, 1.54) is 17.1 Å². The van der Waals surface area contributed by atoms with Crippen molar-refractivity contribution in [3.63, 3.8) is 0 Å². The average Bonchev–Trinajstić information content (AvgIpc) is 3.00. The Morgan fingerprint density at radius 2 is 1.85 bits per heavy atom. The largest absolute Gasteiger partial charge is 0.497 e. The highest BCUT2D eigenvalue weighted by Crippen LogP contribution is 2.14. The lowest BCUT2D eigenvalue weighted by Gasteiger charge is -2.03. The van der Waals surface area contributed by atoms with E-state index in [1.54, 1.807) is 57.4 Å². The van der Waals surface area contributed by atoms with Crippen LogP contribution in [0.2, 0.25) is 0 Å². The predicted molar refractivity (Wildman–Crippen MR) is 102 cm³/mol. The maximum absolute atomic E-state index is 12.8. The zero-order chi connectivity index (χ0) is 19.4. The van der Waals surface area contributed by atoms with Gasteiger partial charge >= 0.3 is 0 Å². The molecule has 0 fully saturated rings. The highest BCUT2D eigenvalue weighted by molar-refractivity contribution is 6.01. The number of aryl methyl sites for hydroxylation is 1. The Morgan fingerprint density at radius 3 is 2.48 bits per heavy atom. The second-order valence-corrected chi connectivity index (χ2v) is 5.82. The zero-order valence-electron chi connectivity index (χ0n) is 15.2. The van der Waals surface area contributed by atoms with Gasteiger partial charge in [-0.2, -0.15) is 5.10 Å². The van der Waals surface area contributed by atoms with E-state index >= 15 is 0 Å². The third-order valence-electron chi connectivity index (χ3n) is 4.03. The van der Waals surface area contributed by atoms with Gasteiger partial charge in [0.05, 0.1) is 24.1 Å². The zero-order valence-corrected chi connectivity index (χ0v) is 15.2. The molecule has 2 heterocycles. The molecule has 0 aliphatic heterocycles. The number of hydrogen-bond acceptors (Lipinski definition) is 5. The number of benzene rings is 1. The van der Waals surface area contributed by atoms with Crippen molar-refractivity contribution < 1.29 is 9.53 Å². The van der Waals surface area contributed by atoms with E-state index < -0.39 is 0 Å². The summed E-state index contributed by atoms with van der Waals surface area (Å²) < 4.78 is 6.56. The standard InChI is InChI=1S/C19H19N5O3/c1-12(21-22-18(25)14-8-10-20-11-9-14)17-13(2)23-24(19(17)26)15-4-6-16(27-3)7-5-15/h4-11,23H,1-3H3,(H,22,25)/b21-12+. The monoisotopic (exact) mass is 365 g/mol. The number of pyridine rings is 1. The van der Waals surface area contributed by atoms with Crippen LogP contribution in [0.1, 0.15) is 28.5 Å². The SMILES string of the molecule is COc1ccc(-n2[nH]c(C)c(/C(C)=N/NC(=O)c3ccncc3)c2=O)cc1. The van der Waals surface area contributed by atoms with E-state index in [9.17, 15) is 9.59 Å². The van der Waals surface area contributed by atoms with Gasteiger partial charge in [0.1, 0.15) is 5.75 Å². The number of aromatic nitrogens is 3. The van der Waals surface area contributed by atoms with E-state index in [2.05, 4.69) is 20.6 Å². The fraction of sp³-hybridized carbons (Fsp3) is 0.158. The van der Waals surface area contributed by atoms with Gasteiger partial charge in [-0.15, -0.1) is 0 Å². The van der Waals surface area contributed by atoms with Crippen molar-refractivity contribution in [1.82, 2.24) is 20.2 Å². The predicted octanol–water partition coefficient (Wildman–Crippen LogP) is 2.03. The van der Waals surface area contributed by atoms with Gasteiger partial charge in [0.25, 0.3) is 11.5 Å². The number of nitrogens with zero attached hydrogens (tertiary/aromatic N) is 3. The first-order chi connectivity index (χ1) is 13.0. The number of ether oxygens (including phenoxy) is 1. The molecule has 2 N–H and O–H groups in total. The Balaban J connectivity index is 1.87. The van der Waals surface area contributed by atoms with Crippen LogP contribution in [-0.4, -0.2) is 33.5 Å². The lowest BCUT2D eigenvalue weighted by atomic mass is 10.2. The van der Waals surface area contributed by atoms with Crippen molar-refractivity contribution in [3.8, 4) is 11.4 Å². The molecule has 1 aromatic carbocycles. The third-order valence-corrected chi connectivity index (χ3v) is 4.03. The Labute approximate surface area is 155 Å². The summed E-state index contributed by atoms with van der Waals surface area (Å²) in [6.45, 7) is 3.45. The fourth-order valence-corrected chi connectivity index (χ4v) is 2.64. The lowest BCUT2D eigenvalue weighted by Crippen LogP contribution is -2.23. The van der Waals surface area contributed by atoms with Crippen LogP contribution in [0.4, 0.5) is 0 Å². The quantitative estimate of drug-likeness (QED) is 0.533. The molecule has 0 atom stereocenters. The molecule has 138 valence electrons. The fourth-order valence-electron chi connectivity index (χ4n) is 2.64. The van der Waals surface area contributed by atoms with Crippen molar-refractivity contribution in [3.05, 3.63) is 76.0 Å². The highest BCUT2D eigenvalue weighted by atomic mass is 16.5. The number of carbonyl (C=O) groups is 1. The van der Waals surface area contributed by atoms with Crippen LogP contribution in [0, 0.1) is 6.92 Å². The van der Waals surface area contributed by atoms with Gasteiger partial charge in [-0.25, -0.2) is 10.1 Å². The van der Waals surface area contributed by atoms with Gasteiger partial charge in [-0.05, 0) is 50.2 Å². The first-order valence-corrected chi connectivity index (χ1v) is 8.22. The first kappa shape index (κ1) is 18.1. The average molecular weight is 365 g/mol. The summed E-state index contributed by atoms with van der Waals surface area (Å²) >= 11 is 0. The normalized spacial score (nSPS) is 11.3. The number of carbonyl (C=O) groups excluding carboxylic acids is 1. The van der Waals surface area contributed by atoms with Crippen LogP contribution in [0.3, 0.4) is 0 Å². The number of hydrazone groups is 1. The van der Waals surface area contributed by atoms with Gasteiger partial charge in [0, 0.05) is 23.7 Å². The van der Waals surface area contributed by atoms with Crippen LogP contribution in [-0.2, 0) is 0 Å². The minimum absolute atomic E-state index is 0.253. The molecule has 0 radical (unpaired) electrons. The molecule has 8 heteroatoms. The summed E-state index contributed by atoms with van der Waals surface area (Å²) in [6, 6.07) is 10.3. The van der Waals surface area contributed by atoms with E-state index in [0.29, 0.717) is 34.0 Å². The van der Waals surface area contributed by atoms with Crippen LogP contribution < -0.4 is 15.7 Å². The number of aromatic amines is 1. The molecule has 3 rings (SSSR count). The second kappa shape index (κ2) is 7.69.